The summed E-state index contributed by atoms with van der Waals surface area (Å²) in [5.74, 6) is 0.483. The molecule has 0 fully saturated rings. The van der Waals surface area contributed by atoms with Crippen molar-refractivity contribution in [2.45, 2.75) is 38.9 Å². The van der Waals surface area contributed by atoms with Crippen molar-refractivity contribution in [3.63, 3.8) is 0 Å². The van der Waals surface area contributed by atoms with Gasteiger partial charge in [-0.3, -0.25) is 4.79 Å². The molecule has 0 bridgehead atoms. The molecule has 0 spiro atoms. The molecule has 1 atom stereocenters. The number of hydrogen-bond donors (Lipinski definition) is 2. The van der Waals surface area contributed by atoms with E-state index in [9.17, 15) is 9.59 Å². The van der Waals surface area contributed by atoms with Crippen LogP contribution in [0.25, 0.3) is 10.9 Å². The molecule has 0 unspecified atom stereocenters. The molecule has 0 aliphatic heterocycles. The van der Waals surface area contributed by atoms with Crippen molar-refractivity contribution in [2.24, 2.45) is 0 Å². The molecule has 2 N–H and O–H groups in total. The second-order valence-electron chi connectivity index (χ2n) is 6.73. The number of H-pyrrole nitrogens is 1. The van der Waals surface area contributed by atoms with Gasteiger partial charge in [0, 0.05) is 29.6 Å². The van der Waals surface area contributed by atoms with E-state index < -0.39 is 6.04 Å². The Labute approximate surface area is 175 Å². The Balaban J connectivity index is 2.27. The van der Waals surface area contributed by atoms with E-state index in [-0.39, 0.29) is 17.6 Å². The molecule has 2 aromatic rings. The molecule has 0 radical (unpaired) electrons. The summed E-state index contributed by atoms with van der Waals surface area (Å²) in [6, 6.07) is 8.87. The smallest absolute Gasteiger partial charge is 0.328 e. The highest BCUT2D eigenvalue weighted by Gasteiger charge is 2.23. The average molecular weight is 422 g/mol. The quantitative estimate of drug-likeness (QED) is 0.501. The summed E-state index contributed by atoms with van der Waals surface area (Å²) in [5, 5.41) is 4.59. The van der Waals surface area contributed by atoms with E-state index in [2.05, 4.69) is 10.3 Å². The lowest BCUT2D eigenvalue weighted by Gasteiger charge is -2.32. The molecule has 2 rings (SSSR count). The van der Waals surface area contributed by atoms with Gasteiger partial charge in [0.1, 0.15) is 6.04 Å². The van der Waals surface area contributed by atoms with Gasteiger partial charge >= 0.3 is 5.97 Å². The Morgan fingerprint density at radius 1 is 1.36 bits per heavy atom. The van der Waals surface area contributed by atoms with Gasteiger partial charge < -0.3 is 19.9 Å². The number of fused-ring (bicyclic) bond motifs is 1. The minimum Gasteiger partial charge on any atom is -0.467 e. The summed E-state index contributed by atoms with van der Waals surface area (Å²) >= 11 is 7.28. The van der Waals surface area contributed by atoms with Gasteiger partial charge in [0.15, 0.2) is 5.11 Å². The number of esters is 1. The summed E-state index contributed by atoms with van der Waals surface area (Å²) in [5.41, 5.74) is 1.53. The van der Waals surface area contributed by atoms with Crippen molar-refractivity contribution in [1.29, 1.82) is 0 Å². The zero-order valence-corrected chi connectivity index (χ0v) is 18.3. The summed E-state index contributed by atoms with van der Waals surface area (Å²) in [6.45, 7) is 4.52. The number of nitrogens with zero attached hydrogens (tertiary/aromatic N) is 1. The predicted molar refractivity (Wildman–Crippen MR) is 120 cm³/mol. The van der Waals surface area contributed by atoms with Crippen molar-refractivity contribution < 1.29 is 9.53 Å². The van der Waals surface area contributed by atoms with Gasteiger partial charge in [-0.15, -0.1) is 0 Å². The van der Waals surface area contributed by atoms with Crippen LogP contribution in [-0.2, 0) is 16.1 Å². The lowest BCUT2D eigenvalue weighted by molar-refractivity contribution is -0.142. The first-order valence-corrected chi connectivity index (χ1v) is 10.9. The summed E-state index contributed by atoms with van der Waals surface area (Å²) in [6.07, 6.45) is 2.61. The highest BCUT2D eigenvalue weighted by Crippen LogP contribution is 2.18. The summed E-state index contributed by atoms with van der Waals surface area (Å²) < 4.78 is 4.91. The lowest BCUT2D eigenvalue weighted by atomic mass is 10.1. The van der Waals surface area contributed by atoms with Crippen LogP contribution in [0.5, 0.6) is 0 Å². The van der Waals surface area contributed by atoms with E-state index in [4.69, 9.17) is 17.0 Å². The molecule has 28 heavy (non-hydrogen) atoms. The van der Waals surface area contributed by atoms with Gasteiger partial charge in [-0.05, 0) is 56.1 Å². The van der Waals surface area contributed by atoms with E-state index in [1.54, 1.807) is 17.8 Å². The number of benzene rings is 1. The maximum atomic E-state index is 12.1. The highest BCUT2D eigenvalue weighted by atomic mass is 32.2. The van der Waals surface area contributed by atoms with Gasteiger partial charge in [-0.1, -0.05) is 18.2 Å². The Morgan fingerprint density at radius 2 is 2.07 bits per heavy atom. The van der Waals surface area contributed by atoms with Gasteiger partial charge in [0.05, 0.1) is 7.11 Å². The first-order chi connectivity index (χ1) is 13.4. The van der Waals surface area contributed by atoms with E-state index in [0.29, 0.717) is 18.1 Å². The molecular weight excluding hydrogens is 394 g/mol. The lowest BCUT2D eigenvalue weighted by Crippen LogP contribution is -2.50. The number of thioether (sulfide) groups is 1. The monoisotopic (exact) mass is 421 g/mol. The maximum Gasteiger partial charge on any atom is 0.328 e. The molecule has 0 aliphatic rings. The van der Waals surface area contributed by atoms with Crippen LogP contribution >= 0.6 is 24.0 Å². The van der Waals surface area contributed by atoms with Crippen LogP contribution in [0, 0.1) is 0 Å². The minimum atomic E-state index is -0.498. The van der Waals surface area contributed by atoms with E-state index in [1.165, 1.54) is 7.11 Å². The number of carbonyl (C=O) groups excluding carboxylic acids is 1. The number of aromatic nitrogens is 1. The van der Waals surface area contributed by atoms with Crippen LogP contribution in [0.15, 0.2) is 35.1 Å². The minimum absolute atomic E-state index is 0.0805. The van der Waals surface area contributed by atoms with E-state index in [0.717, 1.165) is 22.2 Å². The fourth-order valence-corrected chi connectivity index (χ4v) is 3.83. The van der Waals surface area contributed by atoms with Crippen LogP contribution in [0.3, 0.4) is 0 Å². The van der Waals surface area contributed by atoms with Crippen molar-refractivity contribution in [3.05, 3.63) is 46.2 Å². The number of aromatic amines is 1. The van der Waals surface area contributed by atoms with Gasteiger partial charge in [0.25, 0.3) is 0 Å². The first-order valence-electron chi connectivity index (χ1n) is 9.12. The van der Waals surface area contributed by atoms with Crippen LogP contribution in [0.1, 0.15) is 25.8 Å². The molecule has 0 saturated heterocycles. The molecule has 6 nitrogen and oxygen atoms in total. The van der Waals surface area contributed by atoms with Crippen LogP contribution < -0.4 is 10.9 Å². The second-order valence-corrected chi connectivity index (χ2v) is 8.11. The SMILES string of the molecule is COC(=O)[C@H](CCSC)NC(=S)N(Cc1cc(=O)[nH]c2ccccc12)C(C)C. The number of nitrogens with one attached hydrogen (secondary N) is 2. The van der Waals surface area contributed by atoms with Gasteiger partial charge in [0.2, 0.25) is 5.56 Å². The normalized spacial score (nSPS) is 12.0. The number of ether oxygens (including phenoxy) is 1. The Kier molecular flexibility index (Phi) is 8.32. The van der Waals surface area contributed by atoms with Gasteiger partial charge in [-0.2, -0.15) is 11.8 Å². The molecule has 0 amide bonds. The maximum absolute atomic E-state index is 12.1. The Morgan fingerprint density at radius 3 is 2.71 bits per heavy atom. The number of thiocarbonyl (C=S) groups is 1. The molecule has 152 valence electrons. The van der Waals surface area contributed by atoms with Crippen molar-refractivity contribution >= 4 is 46.0 Å². The van der Waals surface area contributed by atoms with Crippen LogP contribution in [0.2, 0.25) is 0 Å². The fraction of sp³-hybridized carbons (Fsp3) is 0.450. The first kappa shape index (κ1) is 22.2. The number of para-hydroxylation sites is 1. The van der Waals surface area contributed by atoms with E-state index >= 15 is 0 Å². The van der Waals surface area contributed by atoms with Crippen molar-refractivity contribution in [1.82, 2.24) is 15.2 Å². The molecule has 0 saturated carbocycles. The molecular formula is C20H27N3O3S2. The third kappa shape index (κ3) is 5.72. The zero-order chi connectivity index (χ0) is 20.7. The summed E-state index contributed by atoms with van der Waals surface area (Å²) in [4.78, 5) is 29.0. The topological polar surface area (TPSA) is 74.4 Å². The molecule has 0 aliphatic carbocycles. The Hall–Kier alpha value is -2.06. The molecule has 1 heterocycles. The molecule has 8 heteroatoms. The average Bonchev–Trinajstić information content (AvgIpc) is 2.67. The third-order valence-electron chi connectivity index (χ3n) is 4.46. The standard InChI is InChI=1S/C20H27N3O3S2/c1-13(2)23(20(27)22-17(9-10-28-4)19(25)26-3)12-14-11-18(24)21-16-8-6-5-7-15(14)16/h5-8,11,13,17H,9-10,12H2,1-4H3,(H,21,24)(H,22,27)/t17-/m0/s1. The fourth-order valence-electron chi connectivity index (χ4n) is 2.94. The van der Waals surface area contributed by atoms with Crippen LogP contribution in [0.4, 0.5) is 0 Å². The van der Waals surface area contributed by atoms with E-state index in [1.807, 2.05) is 49.3 Å². The number of carbonyl (C=O) groups is 1. The number of pyridine rings is 1. The molecule has 1 aromatic carbocycles. The number of hydrogen-bond acceptors (Lipinski definition) is 5. The van der Waals surface area contributed by atoms with Gasteiger partial charge in [-0.25, -0.2) is 4.79 Å². The van der Waals surface area contributed by atoms with Crippen molar-refractivity contribution in [3.8, 4) is 0 Å². The highest BCUT2D eigenvalue weighted by molar-refractivity contribution is 7.98. The summed E-state index contributed by atoms with van der Waals surface area (Å²) in [7, 11) is 1.38. The number of methoxy groups -OCH3 is 1. The third-order valence-corrected chi connectivity index (χ3v) is 5.45. The predicted octanol–water partition coefficient (Wildman–Crippen LogP) is 2.91. The number of rotatable bonds is 8. The van der Waals surface area contributed by atoms with Crippen molar-refractivity contribution in [2.75, 3.05) is 19.1 Å². The second kappa shape index (κ2) is 10.5. The zero-order valence-electron chi connectivity index (χ0n) is 16.7. The molecule has 1 aromatic heterocycles. The van der Waals surface area contributed by atoms with Crippen LogP contribution in [-0.4, -0.2) is 52.2 Å². The largest absolute Gasteiger partial charge is 0.467 e. The Bertz CT molecular complexity index is 882.